The molecule has 2 nitrogen and oxygen atoms in total. The summed E-state index contributed by atoms with van der Waals surface area (Å²) in [4.78, 5) is 10.8. The molecule has 0 aromatic heterocycles. The van der Waals surface area contributed by atoms with Gasteiger partial charge in [0, 0.05) is 0 Å². The summed E-state index contributed by atoms with van der Waals surface area (Å²) in [7, 11) is 1.22. The third kappa shape index (κ3) is 3.87. The molecule has 0 aliphatic rings. The normalized spacial score (nSPS) is 11.8. The summed E-state index contributed by atoms with van der Waals surface area (Å²) in [6.07, 6.45) is -2.01. The van der Waals surface area contributed by atoms with Crippen molar-refractivity contribution in [2.24, 2.45) is 0 Å². The first-order chi connectivity index (χ1) is 8.34. The Kier molecular flexibility index (Phi) is 4.47. The highest BCUT2D eigenvalue weighted by Crippen LogP contribution is 2.31. The molecule has 0 unspecified atom stereocenters. The average molecular weight is 262 g/mol. The van der Waals surface area contributed by atoms with E-state index in [0.29, 0.717) is 6.07 Å². The topological polar surface area (TPSA) is 26.3 Å². The minimum Gasteiger partial charge on any atom is -0.469 e. The Morgan fingerprint density at radius 2 is 2.06 bits per heavy atom. The van der Waals surface area contributed by atoms with E-state index in [0.717, 1.165) is 12.1 Å². The van der Waals surface area contributed by atoms with Crippen molar-refractivity contribution in [2.45, 2.75) is 12.6 Å². The van der Waals surface area contributed by atoms with Gasteiger partial charge in [0.05, 0.1) is 19.1 Å². The van der Waals surface area contributed by atoms with Crippen molar-refractivity contribution in [1.82, 2.24) is 0 Å². The van der Waals surface area contributed by atoms with Crippen LogP contribution in [-0.4, -0.2) is 13.1 Å². The number of hydrogen-bond acceptors (Lipinski definition) is 2. The van der Waals surface area contributed by atoms with E-state index in [-0.39, 0.29) is 12.0 Å². The molecule has 0 amide bonds. The van der Waals surface area contributed by atoms with E-state index in [2.05, 4.69) is 4.74 Å². The highest BCUT2D eigenvalue weighted by Gasteiger charge is 2.33. The number of rotatable bonds is 3. The lowest BCUT2D eigenvalue weighted by Crippen LogP contribution is -2.07. The van der Waals surface area contributed by atoms with Gasteiger partial charge in [-0.1, -0.05) is 18.2 Å². The summed E-state index contributed by atoms with van der Waals surface area (Å²) in [5.74, 6) is -1.83. The van der Waals surface area contributed by atoms with Crippen molar-refractivity contribution >= 4 is 12.0 Å². The molecule has 0 aliphatic heterocycles. The van der Waals surface area contributed by atoms with E-state index in [4.69, 9.17) is 0 Å². The molecule has 0 saturated heterocycles. The van der Waals surface area contributed by atoms with E-state index < -0.39 is 23.5 Å². The molecule has 0 fully saturated rings. The van der Waals surface area contributed by atoms with Gasteiger partial charge in [-0.3, -0.25) is 4.79 Å². The van der Waals surface area contributed by atoms with Gasteiger partial charge in [0.25, 0.3) is 0 Å². The predicted octanol–water partition coefficient (Wildman–Crippen LogP) is 3.42. The van der Waals surface area contributed by atoms with Crippen LogP contribution in [0.1, 0.15) is 17.5 Å². The summed E-state index contributed by atoms with van der Waals surface area (Å²) < 4.78 is 54.3. The first-order valence-electron chi connectivity index (χ1n) is 4.94. The van der Waals surface area contributed by atoms with Gasteiger partial charge in [-0.15, -0.1) is 0 Å². The van der Waals surface area contributed by atoms with Crippen molar-refractivity contribution in [2.75, 3.05) is 7.11 Å². The molecule has 0 bridgehead atoms. The molecule has 0 radical (unpaired) electrons. The largest absolute Gasteiger partial charge is 0.469 e. The zero-order valence-electron chi connectivity index (χ0n) is 9.42. The summed E-state index contributed by atoms with van der Waals surface area (Å²) in [6.45, 7) is 0. The second-order valence-electron chi connectivity index (χ2n) is 3.42. The van der Waals surface area contributed by atoms with Gasteiger partial charge in [0.1, 0.15) is 5.82 Å². The fourth-order valence-corrected chi connectivity index (χ4v) is 1.24. The summed E-state index contributed by atoms with van der Waals surface area (Å²) in [6, 6.07) is 2.55. The molecule has 6 heteroatoms. The first-order valence-corrected chi connectivity index (χ1v) is 4.94. The van der Waals surface area contributed by atoms with Crippen molar-refractivity contribution in [1.29, 1.82) is 0 Å². The van der Waals surface area contributed by atoms with E-state index in [9.17, 15) is 22.4 Å². The Labute approximate surface area is 101 Å². The lowest BCUT2D eigenvalue weighted by atomic mass is 10.1. The molecule has 0 aliphatic carbocycles. The van der Waals surface area contributed by atoms with Crippen LogP contribution in [-0.2, 0) is 15.7 Å². The minimum atomic E-state index is -4.71. The van der Waals surface area contributed by atoms with E-state index >= 15 is 0 Å². The molecular formula is C12H10F4O2. The number of ether oxygens (including phenoxy) is 1. The molecule has 0 saturated carbocycles. The second kappa shape index (κ2) is 5.66. The van der Waals surface area contributed by atoms with Gasteiger partial charge in [0.2, 0.25) is 0 Å². The van der Waals surface area contributed by atoms with Crippen LogP contribution in [0, 0.1) is 5.82 Å². The maximum absolute atomic E-state index is 13.2. The van der Waals surface area contributed by atoms with Crippen molar-refractivity contribution in [3.8, 4) is 0 Å². The Hall–Kier alpha value is -1.85. The van der Waals surface area contributed by atoms with Crippen LogP contribution >= 0.6 is 0 Å². The number of hydrogen-bond donors (Lipinski definition) is 0. The van der Waals surface area contributed by atoms with Gasteiger partial charge in [-0.2, -0.15) is 13.2 Å². The van der Waals surface area contributed by atoms with Crippen LogP contribution in [0.3, 0.4) is 0 Å². The summed E-state index contributed by atoms with van der Waals surface area (Å²) in [5.41, 5.74) is -1.07. The van der Waals surface area contributed by atoms with E-state index in [1.54, 1.807) is 0 Å². The molecule has 18 heavy (non-hydrogen) atoms. The Balaban J connectivity index is 2.82. The van der Waals surface area contributed by atoms with E-state index in [1.807, 2.05) is 0 Å². The number of methoxy groups -OCH3 is 1. The maximum atomic E-state index is 13.2. The number of carbonyl (C=O) groups is 1. The quantitative estimate of drug-likeness (QED) is 0.616. The second-order valence-corrected chi connectivity index (χ2v) is 3.42. The Morgan fingerprint density at radius 1 is 1.39 bits per heavy atom. The highest BCUT2D eigenvalue weighted by atomic mass is 19.4. The van der Waals surface area contributed by atoms with Gasteiger partial charge >= 0.3 is 12.1 Å². The SMILES string of the molecule is COC(=O)CC=Cc1ccc(C(F)(F)F)c(F)c1. The van der Waals surface area contributed by atoms with Gasteiger partial charge in [-0.25, -0.2) is 4.39 Å². The van der Waals surface area contributed by atoms with Crippen LogP contribution < -0.4 is 0 Å². The van der Waals surface area contributed by atoms with Crippen LogP contribution in [0.15, 0.2) is 24.3 Å². The Bertz CT molecular complexity index is 464. The van der Waals surface area contributed by atoms with Crippen LogP contribution in [0.4, 0.5) is 17.6 Å². The molecule has 1 rings (SSSR count). The fraction of sp³-hybridized carbons (Fsp3) is 0.250. The number of esters is 1. The average Bonchev–Trinajstić information content (AvgIpc) is 2.27. The minimum absolute atomic E-state index is 0.0286. The third-order valence-electron chi connectivity index (χ3n) is 2.12. The zero-order chi connectivity index (χ0) is 13.8. The molecule has 0 N–H and O–H groups in total. The van der Waals surface area contributed by atoms with Crippen LogP contribution in [0.5, 0.6) is 0 Å². The third-order valence-corrected chi connectivity index (χ3v) is 2.12. The lowest BCUT2D eigenvalue weighted by molar-refractivity contribution is -0.140. The summed E-state index contributed by atoms with van der Waals surface area (Å²) >= 11 is 0. The fourth-order valence-electron chi connectivity index (χ4n) is 1.24. The predicted molar refractivity (Wildman–Crippen MR) is 57.1 cm³/mol. The van der Waals surface area contributed by atoms with E-state index in [1.165, 1.54) is 19.3 Å². The molecule has 0 heterocycles. The standard InChI is InChI=1S/C12H10F4O2/c1-18-11(17)4-2-3-8-5-6-9(10(13)7-8)12(14,15)16/h2-3,5-7H,4H2,1H3. The molecule has 98 valence electrons. The number of benzene rings is 1. The highest BCUT2D eigenvalue weighted by molar-refractivity contribution is 5.72. The molecule has 0 spiro atoms. The van der Waals surface area contributed by atoms with Crippen molar-refractivity contribution in [3.05, 3.63) is 41.2 Å². The number of alkyl halides is 3. The van der Waals surface area contributed by atoms with Gasteiger partial charge < -0.3 is 4.74 Å². The van der Waals surface area contributed by atoms with Crippen LogP contribution in [0.25, 0.3) is 6.08 Å². The molecule has 1 aromatic carbocycles. The van der Waals surface area contributed by atoms with Gasteiger partial charge in [-0.05, 0) is 17.7 Å². The first kappa shape index (κ1) is 14.2. The van der Waals surface area contributed by atoms with Crippen molar-refractivity contribution < 1.29 is 27.1 Å². The maximum Gasteiger partial charge on any atom is 0.419 e. The summed E-state index contributed by atoms with van der Waals surface area (Å²) in [5, 5.41) is 0. The van der Waals surface area contributed by atoms with Crippen LogP contribution in [0.2, 0.25) is 0 Å². The molecule has 1 aromatic rings. The molecule has 0 atom stereocenters. The molecular weight excluding hydrogens is 252 g/mol. The smallest absolute Gasteiger partial charge is 0.419 e. The monoisotopic (exact) mass is 262 g/mol. The number of carbonyl (C=O) groups excluding carboxylic acids is 1. The zero-order valence-corrected chi connectivity index (χ0v) is 9.42. The Morgan fingerprint density at radius 3 is 2.56 bits per heavy atom. The van der Waals surface area contributed by atoms with Gasteiger partial charge in [0.15, 0.2) is 0 Å². The van der Waals surface area contributed by atoms with Crippen molar-refractivity contribution in [3.63, 3.8) is 0 Å². The number of halogens is 4. The lowest BCUT2D eigenvalue weighted by Gasteiger charge is -2.07.